The second-order valence-corrected chi connectivity index (χ2v) is 6.19. The lowest BCUT2D eigenvalue weighted by Crippen LogP contribution is -2.51. The topological polar surface area (TPSA) is 76.7 Å². The molecule has 0 unspecified atom stereocenters. The third-order valence-electron chi connectivity index (χ3n) is 3.42. The number of carbonyl (C=O) groups is 2. The average Bonchev–Trinajstić information content (AvgIpc) is 2.48. The van der Waals surface area contributed by atoms with Gasteiger partial charge in [-0.1, -0.05) is 6.58 Å². The minimum atomic E-state index is -0.718. The number of urea groups is 1. The monoisotopic (exact) mass is 430 g/mol. The van der Waals surface area contributed by atoms with Crippen molar-refractivity contribution in [2.24, 2.45) is 5.92 Å². The van der Waals surface area contributed by atoms with Crippen LogP contribution in [0.1, 0.15) is 25.5 Å². The van der Waals surface area contributed by atoms with Crippen molar-refractivity contribution in [3.63, 3.8) is 0 Å². The first-order valence-corrected chi connectivity index (χ1v) is 8.41. The van der Waals surface area contributed by atoms with Crippen LogP contribution >= 0.6 is 22.6 Å². The third-order valence-corrected chi connectivity index (χ3v) is 4.09. The van der Waals surface area contributed by atoms with Crippen molar-refractivity contribution in [1.82, 2.24) is 10.6 Å². The molecular formula is C16H19IN2O4. The fourth-order valence-corrected chi connectivity index (χ4v) is 3.02. The van der Waals surface area contributed by atoms with Gasteiger partial charge in [0.05, 0.1) is 19.3 Å². The van der Waals surface area contributed by atoms with E-state index in [9.17, 15) is 9.59 Å². The van der Waals surface area contributed by atoms with E-state index in [0.29, 0.717) is 18.1 Å². The van der Waals surface area contributed by atoms with Crippen molar-refractivity contribution in [3.05, 3.63) is 39.6 Å². The molecule has 1 aromatic carbocycles. The van der Waals surface area contributed by atoms with Gasteiger partial charge in [0.1, 0.15) is 11.7 Å². The maximum atomic E-state index is 12.3. The summed E-state index contributed by atoms with van der Waals surface area (Å²) in [7, 11) is 0. The van der Waals surface area contributed by atoms with Crippen LogP contribution in [0.5, 0.6) is 5.75 Å². The lowest BCUT2D eigenvalue weighted by Gasteiger charge is -2.34. The predicted octanol–water partition coefficient (Wildman–Crippen LogP) is 2.74. The van der Waals surface area contributed by atoms with Crippen LogP contribution in [0.15, 0.2) is 30.5 Å². The van der Waals surface area contributed by atoms with Crippen LogP contribution in [0.25, 0.3) is 0 Å². The van der Waals surface area contributed by atoms with Gasteiger partial charge >= 0.3 is 12.0 Å². The number of ether oxygens (including phenoxy) is 2. The van der Waals surface area contributed by atoms with E-state index in [1.807, 2.05) is 25.1 Å². The highest BCUT2D eigenvalue weighted by molar-refractivity contribution is 14.1. The van der Waals surface area contributed by atoms with E-state index in [2.05, 4.69) is 39.8 Å². The van der Waals surface area contributed by atoms with Crippen molar-refractivity contribution in [2.45, 2.75) is 19.9 Å². The zero-order valence-corrected chi connectivity index (χ0v) is 15.2. The quantitative estimate of drug-likeness (QED) is 0.557. The maximum Gasteiger partial charge on any atom is 0.319 e. The molecule has 6 nitrogen and oxygen atoms in total. The Morgan fingerprint density at radius 2 is 2.09 bits per heavy atom. The van der Waals surface area contributed by atoms with Crippen LogP contribution in [0, 0.1) is 9.49 Å². The van der Waals surface area contributed by atoms with Gasteiger partial charge in [0.15, 0.2) is 0 Å². The molecule has 1 aromatic rings. The molecule has 2 atom stereocenters. The summed E-state index contributed by atoms with van der Waals surface area (Å²) in [6, 6.07) is 4.64. The standard InChI is InChI=1S/C16H19IN2O4/c1-4-22-12-7-6-10(17)8-11(12)14-13(15(20)23-5-2)9(3)18-16(21)19-14/h6-8,13-14H,3-5H2,1-2H3,(H2,18,19,21)/t13-,14+/m1/s1. The summed E-state index contributed by atoms with van der Waals surface area (Å²) in [4.78, 5) is 24.2. The van der Waals surface area contributed by atoms with Crippen LogP contribution in [0.4, 0.5) is 4.79 Å². The number of hydrogen-bond acceptors (Lipinski definition) is 4. The molecule has 1 fully saturated rings. The van der Waals surface area contributed by atoms with Crippen molar-refractivity contribution in [1.29, 1.82) is 0 Å². The number of hydrogen-bond donors (Lipinski definition) is 2. The number of nitrogens with one attached hydrogen (secondary N) is 2. The van der Waals surface area contributed by atoms with Crippen molar-refractivity contribution < 1.29 is 19.1 Å². The van der Waals surface area contributed by atoms with E-state index in [1.54, 1.807) is 6.92 Å². The molecule has 1 aliphatic heterocycles. The second-order valence-electron chi connectivity index (χ2n) is 4.95. The Balaban J connectivity index is 2.47. The summed E-state index contributed by atoms with van der Waals surface area (Å²) < 4.78 is 11.8. The van der Waals surface area contributed by atoms with E-state index < -0.39 is 24.0 Å². The molecule has 2 N–H and O–H groups in total. The van der Waals surface area contributed by atoms with Crippen LogP contribution < -0.4 is 15.4 Å². The number of halogens is 1. The summed E-state index contributed by atoms with van der Waals surface area (Å²) in [6.45, 7) is 8.17. The molecule has 0 bridgehead atoms. The first kappa shape index (κ1) is 17.6. The SMILES string of the molecule is C=C1NC(=O)N[C@@H](c2cc(I)ccc2OCC)[C@@H]1C(=O)OCC. The van der Waals surface area contributed by atoms with Gasteiger partial charge in [0.25, 0.3) is 0 Å². The van der Waals surface area contributed by atoms with Gasteiger partial charge in [-0.05, 0) is 54.6 Å². The molecule has 0 aliphatic carbocycles. The average molecular weight is 430 g/mol. The highest BCUT2D eigenvalue weighted by atomic mass is 127. The van der Waals surface area contributed by atoms with Crippen molar-refractivity contribution >= 4 is 34.6 Å². The molecule has 0 spiro atoms. The van der Waals surface area contributed by atoms with Gasteiger partial charge in [-0.3, -0.25) is 4.79 Å². The molecule has 0 aromatic heterocycles. The van der Waals surface area contributed by atoms with E-state index in [1.165, 1.54) is 0 Å². The summed E-state index contributed by atoms with van der Waals surface area (Å²) in [6.07, 6.45) is 0. The predicted molar refractivity (Wildman–Crippen MR) is 94.0 cm³/mol. The zero-order chi connectivity index (χ0) is 17.0. The van der Waals surface area contributed by atoms with E-state index in [0.717, 1.165) is 9.13 Å². The van der Waals surface area contributed by atoms with Crippen LogP contribution in [-0.2, 0) is 9.53 Å². The molecule has 0 radical (unpaired) electrons. The summed E-state index contributed by atoms with van der Waals surface area (Å²) >= 11 is 2.18. The molecule has 2 amide bonds. The molecule has 124 valence electrons. The molecule has 2 rings (SSSR count). The smallest absolute Gasteiger partial charge is 0.319 e. The fourth-order valence-electron chi connectivity index (χ4n) is 2.50. The Hall–Kier alpha value is -1.77. The zero-order valence-electron chi connectivity index (χ0n) is 13.0. The van der Waals surface area contributed by atoms with Crippen LogP contribution in [0.3, 0.4) is 0 Å². The summed E-state index contributed by atoms with van der Waals surface area (Å²) in [5, 5.41) is 5.33. The van der Waals surface area contributed by atoms with E-state index >= 15 is 0 Å². The summed E-state index contributed by atoms with van der Waals surface area (Å²) in [5.74, 6) is -0.524. The molecule has 1 heterocycles. The number of esters is 1. The second kappa shape index (κ2) is 7.67. The van der Waals surface area contributed by atoms with E-state index in [4.69, 9.17) is 9.47 Å². The van der Waals surface area contributed by atoms with Gasteiger partial charge in [-0.2, -0.15) is 0 Å². The highest BCUT2D eigenvalue weighted by Gasteiger charge is 2.40. The third kappa shape index (κ3) is 3.95. The molecule has 1 aliphatic rings. The lowest BCUT2D eigenvalue weighted by atomic mass is 9.88. The Morgan fingerprint density at radius 1 is 1.35 bits per heavy atom. The van der Waals surface area contributed by atoms with Crippen molar-refractivity contribution in [2.75, 3.05) is 13.2 Å². The van der Waals surface area contributed by atoms with E-state index in [-0.39, 0.29) is 6.61 Å². The summed E-state index contributed by atoms with van der Waals surface area (Å²) in [5.41, 5.74) is 1.05. The van der Waals surface area contributed by atoms with Gasteiger partial charge < -0.3 is 20.1 Å². The minimum Gasteiger partial charge on any atom is -0.494 e. The molecule has 7 heteroatoms. The molecular weight excluding hydrogens is 411 g/mol. The Kier molecular flexibility index (Phi) is 5.86. The number of carbonyl (C=O) groups excluding carboxylic acids is 2. The van der Waals surface area contributed by atoms with Crippen LogP contribution in [0.2, 0.25) is 0 Å². The van der Waals surface area contributed by atoms with Gasteiger partial charge in [0, 0.05) is 14.8 Å². The molecule has 23 heavy (non-hydrogen) atoms. The van der Waals surface area contributed by atoms with Gasteiger partial charge in [0.2, 0.25) is 0 Å². The largest absolute Gasteiger partial charge is 0.494 e. The van der Waals surface area contributed by atoms with Crippen LogP contribution in [-0.4, -0.2) is 25.2 Å². The highest BCUT2D eigenvalue weighted by Crippen LogP contribution is 2.36. The number of amides is 2. The molecule has 1 saturated heterocycles. The Bertz CT molecular complexity index is 633. The number of benzene rings is 1. The van der Waals surface area contributed by atoms with Gasteiger partial charge in [-0.15, -0.1) is 0 Å². The maximum absolute atomic E-state index is 12.3. The Morgan fingerprint density at radius 3 is 2.74 bits per heavy atom. The first-order valence-electron chi connectivity index (χ1n) is 7.33. The van der Waals surface area contributed by atoms with Gasteiger partial charge in [-0.25, -0.2) is 4.79 Å². The lowest BCUT2D eigenvalue weighted by molar-refractivity contribution is -0.147. The minimum absolute atomic E-state index is 0.258. The van der Waals surface area contributed by atoms with Crippen molar-refractivity contribution in [3.8, 4) is 5.75 Å². The fraction of sp³-hybridized carbons (Fsp3) is 0.375. The normalized spacial score (nSPS) is 20.5. The first-order chi connectivity index (χ1) is 11.0. The Labute approximate surface area is 148 Å². The number of rotatable bonds is 5. The molecule has 0 saturated carbocycles.